The topological polar surface area (TPSA) is 24.3 Å². The van der Waals surface area contributed by atoms with Gasteiger partial charge in [0.2, 0.25) is 11.7 Å². The molecule has 0 bridgehead atoms. The molecule has 1 N–H and O–H groups in total. The second-order valence-corrected chi connectivity index (χ2v) is 3.70. The monoisotopic (exact) mass is 293 g/mol. The van der Waals surface area contributed by atoms with Gasteiger partial charge in [0.25, 0.3) is 0 Å². The number of halogens is 2. The molecule has 0 aliphatic rings. The highest BCUT2D eigenvalue weighted by molar-refractivity contribution is 5.96. The molecule has 0 saturated carbocycles. The van der Waals surface area contributed by atoms with Crippen molar-refractivity contribution in [1.82, 2.24) is 0 Å². The van der Waals surface area contributed by atoms with Crippen molar-refractivity contribution < 1.29 is 30.9 Å². The quantitative estimate of drug-likeness (QED) is 0.436. The lowest BCUT2D eigenvalue weighted by atomic mass is 10.1. The standard InChI is InChI=1S/C13H8FNO.BrH/c14-9-4-5-10-11(7-9)12-3-1-2-6-15(12)8-13(10)16;/h1-8H;1H. The van der Waals surface area contributed by atoms with Gasteiger partial charge in [-0.3, -0.25) is 0 Å². The Bertz CT molecular complexity index is 699. The first kappa shape index (κ1) is 11.8. The van der Waals surface area contributed by atoms with Crippen LogP contribution in [0.1, 0.15) is 0 Å². The molecule has 0 atom stereocenters. The van der Waals surface area contributed by atoms with Gasteiger partial charge < -0.3 is 22.1 Å². The van der Waals surface area contributed by atoms with Gasteiger partial charge in [0.05, 0.1) is 5.39 Å². The summed E-state index contributed by atoms with van der Waals surface area (Å²) in [7, 11) is 0. The van der Waals surface area contributed by atoms with Gasteiger partial charge in [-0.2, -0.15) is 4.40 Å². The lowest BCUT2D eigenvalue weighted by Crippen LogP contribution is -3.00. The minimum Gasteiger partial charge on any atom is -1.00 e. The fraction of sp³-hybridized carbons (Fsp3) is 0. The van der Waals surface area contributed by atoms with Gasteiger partial charge in [0, 0.05) is 17.5 Å². The number of aromatic nitrogens is 1. The average molecular weight is 294 g/mol. The van der Waals surface area contributed by atoms with E-state index in [2.05, 4.69) is 0 Å². The zero-order valence-corrected chi connectivity index (χ0v) is 10.4. The summed E-state index contributed by atoms with van der Waals surface area (Å²) in [4.78, 5) is 0. The van der Waals surface area contributed by atoms with E-state index in [4.69, 9.17) is 0 Å². The first-order chi connectivity index (χ1) is 7.75. The van der Waals surface area contributed by atoms with Gasteiger partial charge in [-0.1, -0.05) is 0 Å². The molecule has 4 heteroatoms. The highest BCUT2D eigenvalue weighted by Gasteiger charge is 2.12. The summed E-state index contributed by atoms with van der Waals surface area (Å²) in [5.74, 6) is -0.150. The smallest absolute Gasteiger partial charge is 0.218 e. The number of nitrogens with zero attached hydrogens (tertiary/aromatic N) is 1. The van der Waals surface area contributed by atoms with E-state index in [0.717, 1.165) is 5.52 Å². The first-order valence-corrected chi connectivity index (χ1v) is 4.97. The Labute approximate surface area is 108 Å². The summed E-state index contributed by atoms with van der Waals surface area (Å²) >= 11 is 0. The highest BCUT2D eigenvalue weighted by atomic mass is 79.9. The van der Waals surface area contributed by atoms with Gasteiger partial charge >= 0.3 is 0 Å². The molecule has 0 amide bonds. The van der Waals surface area contributed by atoms with E-state index in [1.165, 1.54) is 12.1 Å². The lowest BCUT2D eigenvalue weighted by Gasteiger charge is -2.00. The van der Waals surface area contributed by atoms with E-state index < -0.39 is 0 Å². The van der Waals surface area contributed by atoms with E-state index in [-0.39, 0.29) is 28.5 Å². The van der Waals surface area contributed by atoms with Crippen LogP contribution in [0.15, 0.2) is 48.8 Å². The van der Waals surface area contributed by atoms with Crippen LogP contribution in [0.2, 0.25) is 0 Å². The number of hydrogen-bond acceptors (Lipinski definition) is 1. The van der Waals surface area contributed by atoms with Crippen LogP contribution in [0.4, 0.5) is 4.39 Å². The van der Waals surface area contributed by atoms with Crippen LogP contribution in [0.3, 0.4) is 0 Å². The molecule has 0 aliphatic carbocycles. The van der Waals surface area contributed by atoms with Crippen molar-refractivity contribution in [3.63, 3.8) is 0 Å². The third-order valence-electron chi connectivity index (χ3n) is 2.68. The second kappa shape index (κ2) is 4.30. The van der Waals surface area contributed by atoms with Crippen molar-refractivity contribution in [3.05, 3.63) is 54.6 Å². The van der Waals surface area contributed by atoms with Gasteiger partial charge in [-0.15, -0.1) is 0 Å². The van der Waals surface area contributed by atoms with Crippen molar-refractivity contribution in [1.29, 1.82) is 0 Å². The zero-order valence-electron chi connectivity index (χ0n) is 8.77. The number of aromatic hydroxyl groups is 1. The summed E-state index contributed by atoms with van der Waals surface area (Å²) in [5.41, 5.74) is 0.870. The molecule has 0 saturated heterocycles. The largest absolute Gasteiger partial charge is 1.00 e. The molecule has 0 radical (unpaired) electrons. The Morgan fingerprint density at radius 1 is 1.06 bits per heavy atom. The maximum Gasteiger partial charge on any atom is 0.218 e. The molecule has 0 unspecified atom stereocenters. The van der Waals surface area contributed by atoms with Crippen LogP contribution >= 0.6 is 0 Å². The number of pyridine rings is 2. The minimum atomic E-state index is -0.302. The van der Waals surface area contributed by atoms with Crippen LogP contribution in [-0.4, -0.2) is 5.11 Å². The molecule has 2 aromatic heterocycles. The third-order valence-corrected chi connectivity index (χ3v) is 2.68. The van der Waals surface area contributed by atoms with Crippen molar-refractivity contribution in [3.8, 4) is 5.75 Å². The maximum atomic E-state index is 13.2. The molecule has 1 aromatic carbocycles. The molecule has 86 valence electrons. The van der Waals surface area contributed by atoms with Crippen LogP contribution in [0, 0.1) is 5.82 Å². The van der Waals surface area contributed by atoms with E-state index in [9.17, 15) is 9.50 Å². The minimum absolute atomic E-state index is 0. The fourth-order valence-electron chi connectivity index (χ4n) is 1.95. The molecule has 0 aliphatic heterocycles. The van der Waals surface area contributed by atoms with Crippen LogP contribution in [-0.2, 0) is 0 Å². The van der Waals surface area contributed by atoms with Gasteiger partial charge in [0.1, 0.15) is 5.82 Å². The zero-order chi connectivity index (χ0) is 11.1. The summed E-state index contributed by atoms with van der Waals surface area (Å²) in [6.07, 6.45) is 3.44. The molecule has 17 heavy (non-hydrogen) atoms. The molecule has 3 aromatic rings. The first-order valence-electron chi connectivity index (χ1n) is 4.97. The Kier molecular flexibility index (Phi) is 2.98. The average Bonchev–Trinajstić information content (AvgIpc) is 2.29. The number of benzene rings is 1. The molecular formula is C13H9BrFNO. The molecule has 2 nitrogen and oxygen atoms in total. The van der Waals surface area contributed by atoms with Gasteiger partial charge in [-0.05, 0) is 24.3 Å². The summed E-state index contributed by atoms with van der Waals surface area (Å²) in [6.45, 7) is 0. The van der Waals surface area contributed by atoms with Crippen molar-refractivity contribution in [2.45, 2.75) is 0 Å². The Morgan fingerprint density at radius 3 is 2.71 bits per heavy atom. The van der Waals surface area contributed by atoms with Gasteiger partial charge in [0.15, 0.2) is 11.9 Å². The van der Waals surface area contributed by atoms with Crippen LogP contribution in [0.5, 0.6) is 5.75 Å². The highest BCUT2D eigenvalue weighted by Crippen LogP contribution is 2.25. The molecular weight excluding hydrogens is 285 g/mol. The molecule has 0 fully saturated rings. The SMILES string of the molecule is Oc1c[n+]2ccccc2c2cc(F)ccc12.[Br-]. The second-order valence-electron chi connectivity index (χ2n) is 3.70. The molecule has 2 heterocycles. The predicted octanol–water partition coefficient (Wildman–Crippen LogP) is -0.573. The lowest BCUT2D eigenvalue weighted by molar-refractivity contribution is -0.511. The number of rotatable bonds is 0. The van der Waals surface area contributed by atoms with Gasteiger partial charge in [-0.25, -0.2) is 4.39 Å². The number of hydrogen-bond donors (Lipinski definition) is 1. The Balaban J connectivity index is 0.00000108. The van der Waals surface area contributed by atoms with Crippen molar-refractivity contribution in [2.24, 2.45) is 0 Å². The fourth-order valence-corrected chi connectivity index (χ4v) is 1.95. The summed E-state index contributed by atoms with van der Waals surface area (Å²) < 4.78 is 15.0. The van der Waals surface area contributed by atoms with E-state index in [1.54, 1.807) is 16.7 Å². The normalized spacial score (nSPS) is 10.4. The third kappa shape index (κ3) is 1.85. The van der Waals surface area contributed by atoms with E-state index in [1.807, 2.05) is 24.4 Å². The van der Waals surface area contributed by atoms with Crippen molar-refractivity contribution in [2.75, 3.05) is 0 Å². The maximum absolute atomic E-state index is 13.2. The Hall–Kier alpha value is -1.68. The summed E-state index contributed by atoms with van der Waals surface area (Å²) in [6, 6.07) is 10.0. The molecule has 3 rings (SSSR count). The van der Waals surface area contributed by atoms with Crippen molar-refractivity contribution >= 4 is 16.3 Å². The van der Waals surface area contributed by atoms with Crippen LogP contribution in [0.25, 0.3) is 16.3 Å². The van der Waals surface area contributed by atoms with E-state index in [0.29, 0.717) is 10.8 Å². The van der Waals surface area contributed by atoms with E-state index >= 15 is 0 Å². The van der Waals surface area contributed by atoms with Crippen LogP contribution < -0.4 is 21.4 Å². The Morgan fingerprint density at radius 2 is 1.88 bits per heavy atom. The summed E-state index contributed by atoms with van der Waals surface area (Å²) in [5, 5.41) is 11.2. The number of fused-ring (bicyclic) bond motifs is 3. The predicted molar refractivity (Wildman–Crippen MR) is 58.7 cm³/mol. The molecule has 0 spiro atoms.